The Morgan fingerprint density at radius 3 is 2.61 bits per heavy atom. The highest BCUT2D eigenvalue weighted by Gasteiger charge is 2.16. The van der Waals surface area contributed by atoms with Crippen LogP contribution in [0, 0.1) is 0 Å². The SMILES string of the molecule is c1ccc(-c2cncnc2N2CCNCC2)cc1. The number of hydrogen-bond donors (Lipinski definition) is 1. The molecule has 1 aliphatic rings. The van der Waals surface area contributed by atoms with Crippen molar-refractivity contribution in [3.8, 4) is 11.1 Å². The maximum atomic E-state index is 4.47. The smallest absolute Gasteiger partial charge is 0.139 e. The van der Waals surface area contributed by atoms with Gasteiger partial charge in [0.2, 0.25) is 0 Å². The topological polar surface area (TPSA) is 41.1 Å². The molecule has 0 saturated carbocycles. The van der Waals surface area contributed by atoms with E-state index in [-0.39, 0.29) is 0 Å². The first-order valence-corrected chi connectivity index (χ1v) is 6.26. The molecular weight excluding hydrogens is 224 g/mol. The lowest BCUT2D eigenvalue weighted by atomic mass is 10.1. The number of nitrogens with one attached hydrogen (secondary N) is 1. The zero-order valence-electron chi connectivity index (χ0n) is 10.2. The number of nitrogens with zero attached hydrogens (tertiary/aromatic N) is 3. The monoisotopic (exact) mass is 240 g/mol. The van der Waals surface area contributed by atoms with Crippen molar-refractivity contribution in [2.24, 2.45) is 0 Å². The van der Waals surface area contributed by atoms with E-state index in [9.17, 15) is 0 Å². The minimum absolute atomic E-state index is 0.997. The molecule has 0 aliphatic carbocycles. The zero-order valence-corrected chi connectivity index (χ0v) is 10.2. The largest absolute Gasteiger partial charge is 0.353 e. The molecule has 1 aliphatic heterocycles. The summed E-state index contributed by atoms with van der Waals surface area (Å²) in [4.78, 5) is 10.9. The molecule has 92 valence electrons. The van der Waals surface area contributed by atoms with E-state index in [1.807, 2.05) is 24.4 Å². The Hall–Kier alpha value is -1.94. The van der Waals surface area contributed by atoms with Gasteiger partial charge in [0.1, 0.15) is 12.1 Å². The third-order valence-corrected chi connectivity index (χ3v) is 3.19. The summed E-state index contributed by atoms with van der Waals surface area (Å²) in [6.07, 6.45) is 3.53. The minimum atomic E-state index is 0.997. The van der Waals surface area contributed by atoms with Crippen molar-refractivity contribution in [3.05, 3.63) is 42.9 Å². The molecule has 1 aromatic heterocycles. The molecule has 3 rings (SSSR count). The summed E-state index contributed by atoms with van der Waals surface area (Å²) in [5.41, 5.74) is 2.28. The van der Waals surface area contributed by atoms with Gasteiger partial charge in [-0.05, 0) is 5.56 Å². The molecule has 1 aromatic carbocycles. The van der Waals surface area contributed by atoms with Gasteiger partial charge in [-0.2, -0.15) is 0 Å². The predicted molar refractivity (Wildman–Crippen MR) is 72.6 cm³/mol. The van der Waals surface area contributed by atoms with E-state index < -0.39 is 0 Å². The normalized spacial score (nSPS) is 15.7. The van der Waals surface area contributed by atoms with Crippen LogP contribution in [-0.2, 0) is 0 Å². The van der Waals surface area contributed by atoms with Gasteiger partial charge < -0.3 is 10.2 Å². The second-order valence-corrected chi connectivity index (χ2v) is 4.36. The van der Waals surface area contributed by atoms with Crippen LogP contribution in [0.25, 0.3) is 11.1 Å². The van der Waals surface area contributed by atoms with Gasteiger partial charge >= 0.3 is 0 Å². The summed E-state index contributed by atoms with van der Waals surface area (Å²) in [6.45, 7) is 4.02. The highest BCUT2D eigenvalue weighted by Crippen LogP contribution is 2.27. The molecule has 2 heterocycles. The van der Waals surface area contributed by atoms with Gasteiger partial charge in [0.05, 0.1) is 0 Å². The molecule has 1 N–H and O–H groups in total. The Morgan fingerprint density at radius 2 is 1.83 bits per heavy atom. The van der Waals surface area contributed by atoms with E-state index in [4.69, 9.17) is 0 Å². The van der Waals surface area contributed by atoms with Crippen LogP contribution in [-0.4, -0.2) is 36.1 Å². The lowest BCUT2D eigenvalue weighted by Crippen LogP contribution is -2.44. The lowest BCUT2D eigenvalue weighted by Gasteiger charge is -2.29. The van der Waals surface area contributed by atoms with Gasteiger partial charge in [0.25, 0.3) is 0 Å². The molecule has 2 aromatic rings. The maximum absolute atomic E-state index is 4.47. The van der Waals surface area contributed by atoms with Crippen LogP contribution in [0.15, 0.2) is 42.9 Å². The van der Waals surface area contributed by atoms with Crippen LogP contribution < -0.4 is 10.2 Å². The van der Waals surface area contributed by atoms with Gasteiger partial charge in [0, 0.05) is 37.9 Å². The molecular formula is C14H16N4. The van der Waals surface area contributed by atoms with E-state index in [1.54, 1.807) is 6.33 Å². The molecule has 4 nitrogen and oxygen atoms in total. The summed E-state index contributed by atoms with van der Waals surface area (Å²) in [7, 11) is 0. The summed E-state index contributed by atoms with van der Waals surface area (Å²) in [5, 5.41) is 3.36. The number of aromatic nitrogens is 2. The summed E-state index contributed by atoms with van der Waals surface area (Å²) >= 11 is 0. The second-order valence-electron chi connectivity index (χ2n) is 4.36. The fourth-order valence-electron chi connectivity index (χ4n) is 2.27. The first kappa shape index (κ1) is 11.2. The molecule has 0 unspecified atom stereocenters. The zero-order chi connectivity index (χ0) is 12.2. The predicted octanol–water partition coefficient (Wildman–Crippen LogP) is 1.55. The first-order chi connectivity index (χ1) is 8.95. The number of anilines is 1. The van der Waals surface area contributed by atoms with Crippen LogP contribution in [0.2, 0.25) is 0 Å². The lowest BCUT2D eigenvalue weighted by molar-refractivity contribution is 0.585. The highest BCUT2D eigenvalue weighted by molar-refractivity contribution is 5.74. The number of hydrogen-bond acceptors (Lipinski definition) is 4. The second kappa shape index (κ2) is 5.14. The molecule has 0 amide bonds. The van der Waals surface area contributed by atoms with Crippen LogP contribution in [0.3, 0.4) is 0 Å². The van der Waals surface area contributed by atoms with Gasteiger partial charge in [-0.3, -0.25) is 0 Å². The van der Waals surface area contributed by atoms with Gasteiger partial charge in [0.15, 0.2) is 0 Å². The number of rotatable bonds is 2. The molecule has 1 saturated heterocycles. The molecule has 0 radical (unpaired) electrons. The minimum Gasteiger partial charge on any atom is -0.353 e. The van der Waals surface area contributed by atoms with Crippen molar-refractivity contribution in [2.45, 2.75) is 0 Å². The third-order valence-electron chi connectivity index (χ3n) is 3.19. The summed E-state index contributed by atoms with van der Waals surface area (Å²) in [6, 6.07) is 10.3. The van der Waals surface area contributed by atoms with Crippen molar-refractivity contribution in [3.63, 3.8) is 0 Å². The van der Waals surface area contributed by atoms with Crippen LogP contribution in [0.5, 0.6) is 0 Å². The molecule has 0 bridgehead atoms. The average molecular weight is 240 g/mol. The molecule has 4 heteroatoms. The Kier molecular flexibility index (Phi) is 3.19. The summed E-state index contributed by atoms with van der Waals surface area (Å²) < 4.78 is 0. The van der Waals surface area contributed by atoms with Crippen LogP contribution >= 0.6 is 0 Å². The van der Waals surface area contributed by atoms with Crippen molar-refractivity contribution in [1.29, 1.82) is 0 Å². The number of piperazine rings is 1. The maximum Gasteiger partial charge on any atom is 0.139 e. The Labute approximate surface area is 107 Å². The van der Waals surface area contributed by atoms with Gasteiger partial charge in [-0.15, -0.1) is 0 Å². The fraction of sp³-hybridized carbons (Fsp3) is 0.286. The quantitative estimate of drug-likeness (QED) is 0.864. The molecule has 0 atom stereocenters. The van der Waals surface area contributed by atoms with E-state index in [0.29, 0.717) is 0 Å². The Balaban J connectivity index is 1.99. The Bertz CT molecular complexity index is 506. The molecule has 18 heavy (non-hydrogen) atoms. The van der Waals surface area contributed by atoms with E-state index in [2.05, 4.69) is 32.3 Å². The third kappa shape index (κ3) is 2.19. The highest BCUT2D eigenvalue weighted by atomic mass is 15.2. The van der Waals surface area contributed by atoms with Crippen molar-refractivity contribution < 1.29 is 0 Å². The number of benzene rings is 1. The first-order valence-electron chi connectivity index (χ1n) is 6.26. The van der Waals surface area contributed by atoms with Crippen LogP contribution in [0.1, 0.15) is 0 Å². The van der Waals surface area contributed by atoms with Crippen molar-refractivity contribution in [2.75, 3.05) is 31.1 Å². The standard InChI is InChI=1S/C14H16N4/c1-2-4-12(5-3-1)13-10-16-11-17-14(13)18-8-6-15-7-9-18/h1-5,10-11,15H,6-9H2. The van der Waals surface area contributed by atoms with E-state index in [1.165, 1.54) is 5.56 Å². The van der Waals surface area contributed by atoms with E-state index in [0.717, 1.165) is 37.6 Å². The van der Waals surface area contributed by atoms with Gasteiger partial charge in [-0.25, -0.2) is 9.97 Å². The average Bonchev–Trinajstić information content (AvgIpc) is 2.49. The van der Waals surface area contributed by atoms with E-state index >= 15 is 0 Å². The molecule has 1 fully saturated rings. The fourth-order valence-corrected chi connectivity index (χ4v) is 2.27. The van der Waals surface area contributed by atoms with Crippen molar-refractivity contribution in [1.82, 2.24) is 15.3 Å². The van der Waals surface area contributed by atoms with Crippen LogP contribution in [0.4, 0.5) is 5.82 Å². The van der Waals surface area contributed by atoms with Crippen molar-refractivity contribution >= 4 is 5.82 Å². The molecule has 0 spiro atoms. The van der Waals surface area contributed by atoms with Gasteiger partial charge in [-0.1, -0.05) is 30.3 Å². The summed E-state index contributed by atoms with van der Waals surface area (Å²) in [5.74, 6) is 1.04. The Morgan fingerprint density at radius 1 is 1.06 bits per heavy atom.